The molecule has 2 aromatic rings. The van der Waals surface area contributed by atoms with Gasteiger partial charge in [-0.25, -0.2) is 14.2 Å². The molecule has 46 heavy (non-hydrogen) atoms. The minimum absolute atomic E-state index is 0.0741. The van der Waals surface area contributed by atoms with Gasteiger partial charge in [0.1, 0.15) is 23.8 Å². The normalized spacial score (nSPS) is 25.5. The van der Waals surface area contributed by atoms with Crippen molar-refractivity contribution in [3.63, 3.8) is 0 Å². The second kappa shape index (κ2) is 14.3. The molecule has 5 rings (SSSR count). The van der Waals surface area contributed by atoms with Crippen LogP contribution in [0.2, 0.25) is 0 Å². The molecule has 2 N–H and O–H groups in total. The fraction of sp³-hybridized carbons (Fsp3) is 0.576. The predicted molar refractivity (Wildman–Crippen MR) is 170 cm³/mol. The Morgan fingerprint density at radius 3 is 2.35 bits per heavy atom. The Morgan fingerprint density at radius 2 is 1.70 bits per heavy atom. The van der Waals surface area contributed by atoms with Crippen LogP contribution >= 0.6 is 0 Å². The molecule has 0 bridgehead atoms. The van der Waals surface area contributed by atoms with Crippen molar-refractivity contribution in [2.75, 3.05) is 57.4 Å². The highest BCUT2D eigenvalue weighted by atomic mass is 19.1. The van der Waals surface area contributed by atoms with Gasteiger partial charge in [0, 0.05) is 50.3 Å². The first-order valence-electron chi connectivity index (χ1n) is 16.0. The molecular weight excluding hydrogens is 595 g/mol. The number of pyridine rings is 1. The Morgan fingerprint density at radius 1 is 1.00 bits per heavy atom. The Balaban J connectivity index is 1.45. The van der Waals surface area contributed by atoms with Gasteiger partial charge in [-0.2, -0.15) is 0 Å². The molecule has 250 valence electrons. The number of benzene rings is 1. The number of carboxylic acid groups (broad SMARTS) is 1. The highest BCUT2D eigenvalue weighted by Crippen LogP contribution is 2.35. The lowest BCUT2D eigenvalue weighted by Gasteiger charge is -2.48. The molecule has 0 spiro atoms. The zero-order valence-corrected chi connectivity index (χ0v) is 27.2. The summed E-state index contributed by atoms with van der Waals surface area (Å²) in [6, 6.07) is 7.35. The summed E-state index contributed by atoms with van der Waals surface area (Å²) in [6.45, 7) is 13.0. The maximum Gasteiger partial charge on any atom is 0.407 e. The number of amides is 3. The lowest BCUT2D eigenvalue weighted by molar-refractivity contribution is -0.122. The SMILES string of the molecule is CCNC(=O)c1nc2c(cc1Cc1ccc(F)cc1)N(C(=O)CN1C[C@@H](C)N(C(=O)O)C[C@@H]1CN1[C@H](C)COC[C@H]1C)C(C)CO2. The number of carbonyl (C=O) groups excluding carboxylic acids is 2. The average molecular weight is 641 g/mol. The first kappa shape index (κ1) is 33.6. The second-order valence-electron chi connectivity index (χ2n) is 12.7. The van der Waals surface area contributed by atoms with Gasteiger partial charge in [-0.05, 0) is 70.4 Å². The topological polar surface area (TPSA) is 128 Å². The number of carbonyl (C=O) groups is 3. The molecule has 0 saturated carbocycles. The lowest BCUT2D eigenvalue weighted by Crippen LogP contribution is -2.65. The van der Waals surface area contributed by atoms with Crippen molar-refractivity contribution < 1.29 is 33.4 Å². The van der Waals surface area contributed by atoms with Crippen LogP contribution in [0.3, 0.4) is 0 Å². The van der Waals surface area contributed by atoms with E-state index in [9.17, 15) is 23.9 Å². The summed E-state index contributed by atoms with van der Waals surface area (Å²) in [7, 11) is 0. The zero-order valence-electron chi connectivity index (χ0n) is 27.2. The summed E-state index contributed by atoms with van der Waals surface area (Å²) in [5.41, 5.74) is 2.04. The van der Waals surface area contributed by atoms with E-state index in [2.05, 4.69) is 33.9 Å². The van der Waals surface area contributed by atoms with E-state index in [4.69, 9.17) is 9.47 Å². The van der Waals surface area contributed by atoms with E-state index in [-0.39, 0.29) is 79.1 Å². The monoisotopic (exact) mass is 640 g/mol. The van der Waals surface area contributed by atoms with Crippen molar-refractivity contribution >= 4 is 23.6 Å². The van der Waals surface area contributed by atoms with E-state index in [0.29, 0.717) is 50.5 Å². The number of morpholine rings is 1. The third-order valence-corrected chi connectivity index (χ3v) is 9.15. The summed E-state index contributed by atoms with van der Waals surface area (Å²) >= 11 is 0. The van der Waals surface area contributed by atoms with Crippen molar-refractivity contribution in [1.82, 2.24) is 25.0 Å². The lowest BCUT2D eigenvalue weighted by atomic mass is 10.0. The quantitative estimate of drug-likeness (QED) is 0.448. The third kappa shape index (κ3) is 7.26. The van der Waals surface area contributed by atoms with E-state index in [0.717, 1.165) is 5.56 Å². The van der Waals surface area contributed by atoms with Crippen LogP contribution in [0.4, 0.5) is 14.9 Å². The van der Waals surface area contributed by atoms with E-state index < -0.39 is 6.09 Å². The van der Waals surface area contributed by atoms with E-state index >= 15 is 0 Å². The molecule has 3 aliphatic heterocycles. The molecule has 3 aliphatic rings. The van der Waals surface area contributed by atoms with Crippen LogP contribution in [0.1, 0.15) is 56.2 Å². The third-order valence-electron chi connectivity index (χ3n) is 9.15. The van der Waals surface area contributed by atoms with Crippen molar-refractivity contribution in [3.05, 3.63) is 53.0 Å². The minimum atomic E-state index is -0.968. The predicted octanol–water partition coefficient (Wildman–Crippen LogP) is 2.84. The van der Waals surface area contributed by atoms with Gasteiger partial charge in [0.05, 0.1) is 25.8 Å². The number of fused-ring (bicyclic) bond motifs is 1. The van der Waals surface area contributed by atoms with E-state index in [1.165, 1.54) is 17.0 Å². The molecule has 2 fully saturated rings. The first-order chi connectivity index (χ1) is 22.0. The van der Waals surface area contributed by atoms with Crippen molar-refractivity contribution in [3.8, 4) is 5.88 Å². The van der Waals surface area contributed by atoms with Gasteiger partial charge in [0.25, 0.3) is 5.91 Å². The molecule has 4 heterocycles. The van der Waals surface area contributed by atoms with Gasteiger partial charge in [-0.1, -0.05) is 12.1 Å². The molecule has 1 unspecified atom stereocenters. The molecule has 12 nitrogen and oxygen atoms in total. The highest BCUT2D eigenvalue weighted by molar-refractivity contribution is 5.99. The molecule has 3 amide bonds. The molecule has 0 radical (unpaired) electrons. The second-order valence-corrected chi connectivity index (χ2v) is 12.7. The van der Waals surface area contributed by atoms with Gasteiger partial charge in [-0.15, -0.1) is 0 Å². The first-order valence-corrected chi connectivity index (χ1v) is 16.0. The molecule has 5 atom stereocenters. The number of hydrogen-bond donors (Lipinski definition) is 2. The number of hydrogen-bond acceptors (Lipinski definition) is 8. The van der Waals surface area contributed by atoms with Gasteiger partial charge < -0.3 is 29.7 Å². The fourth-order valence-corrected chi connectivity index (χ4v) is 6.73. The number of nitrogens with zero attached hydrogens (tertiary/aromatic N) is 5. The van der Waals surface area contributed by atoms with Crippen LogP contribution in [-0.2, 0) is 16.0 Å². The van der Waals surface area contributed by atoms with Gasteiger partial charge >= 0.3 is 6.09 Å². The summed E-state index contributed by atoms with van der Waals surface area (Å²) < 4.78 is 25.3. The maximum atomic E-state index is 14.3. The molecule has 2 saturated heterocycles. The molecule has 1 aromatic heterocycles. The number of ether oxygens (including phenoxy) is 2. The van der Waals surface area contributed by atoms with E-state index in [1.807, 2.05) is 20.8 Å². The standard InChI is InChI=1S/C33H45FN6O6/c1-6-35-31(42)30-25(11-24-7-9-26(34)10-8-24)12-28-32(36-30)46-19-23(5)40(28)29(41)16-37-13-20(2)39(33(43)44)15-27(37)14-38-21(3)17-45-18-22(38)4/h7-10,12,20-23,27H,6,11,13-19H2,1-5H3,(H,35,42)(H,43,44)/t20-,21-,22-,23?,27+/m1/s1. The Labute approximate surface area is 269 Å². The molecule has 13 heteroatoms. The average Bonchev–Trinajstić information content (AvgIpc) is 3.00. The van der Waals surface area contributed by atoms with Crippen LogP contribution in [0.5, 0.6) is 5.88 Å². The maximum absolute atomic E-state index is 14.3. The molecule has 1 aromatic carbocycles. The number of aromatic nitrogens is 1. The van der Waals surface area contributed by atoms with Crippen molar-refractivity contribution in [2.45, 2.75) is 71.2 Å². The zero-order chi connectivity index (χ0) is 33.1. The Hall–Kier alpha value is -3.81. The number of nitrogens with one attached hydrogen (secondary N) is 1. The van der Waals surface area contributed by atoms with Crippen LogP contribution in [0.25, 0.3) is 0 Å². The number of anilines is 1. The fourth-order valence-electron chi connectivity index (χ4n) is 6.73. The van der Waals surface area contributed by atoms with Crippen LogP contribution in [-0.4, -0.2) is 125 Å². The number of piperazine rings is 1. The van der Waals surface area contributed by atoms with Gasteiger partial charge in [0.15, 0.2) is 0 Å². The molecule has 0 aliphatic carbocycles. The smallest absolute Gasteiger partial charge is 0.407 e. The Kier molecular flexibility index (Phi) is 10.4. The molecular formula is C33H45FN6O6. The van der Waals surface area contributed by atoms with Gasteiger partial charge in [0.2, 0.25) is 11.8 Å². The van der Waals surface area contributed by atoms with Gasteiger partial charge in [-0.3, -0.25) is 19.4 Å². The van der Waals surface area contributed by atoms with Crippen LogP contribution in [0, 0.1) is 5.82 Å². The van der Waals surface area contributed by atoms with Crippen molar-refractivity contribution in [1.29, 1.82) is 0 Å². The summed E-state index contributed by atoms with van der Waals surface area (Å²) in [5.74, 6) is -0.680. The highest BCUT2D eigenvalue weighted by Gasteiger charge is 2.40. The largest absolute Gasteiger partial charge is 0.474 e. The van der Waals surface area contributed by atoms with E-state index in [1.54, 1.807) is 23.1 Å². The summed E-state index contributed by atoms with van der Waals surface area (Å²) in [4.78, 5) is 51.6. The van der Waals surface area contributed by atoms with Crippen LogP contribution < -0.4 is 15.0 Å². The summed E-state index contributed by atoms with van der Waals surface area (Å²) in [5, 5.41) is 12.7. The summed E-state index contributed by atoms with van der Waals surface area (Å²) in [6.07, 6.45) is -0.666. The Bertz CT molecular complexity index is 1420. The number of halogens is 1. The van der Waals surface area contributed by atoms with Crippen LogP contribution in [0.15, 0.2) is 30.3 Å². The minimum Gasteiger partial charge on any atom is -0.474 e. The van der Waals surface area contributed by atoms with Crippen molar-refractivity contribution in [2.24, 2.45) is 0 Å². The number of rotatable bonds is 8.